The number of amidine groups is 1. The molecule has 0 bridgehead atoms. The minimum Gasteiger partial charge on any atom is -0.340 e. The van der Waals surface area contributed by atoms with Crippen LogP contribution >= 0.6 is 0 Å². The van der Waals surface area contributed by atoms with Crippen LogP contribution in [0.2, 0.25) is 0 Å². The minimum atomic E-state index is -4.58. The highest BCUT2D eigenvalue weighted by Gasteiger charge is 2.36. The fraction of sp³-hybridized carbons (Fsp3) is 0.280. The molecule has 11 heteroatoms. The number of nitrogens with one attached hydrogen (secondary N) is 2. The molecule has 0 saturated carbocycles. The van der Waals surface area contributed by atoms with Gasteiger partial charge in [-0.1, -0.05) is 32.0 Å². The van der Waals surface area contributed by atoms with Crippen LogP contribution < -0.4 is 16.4 Å². The van der Waals surface area contributed by atoms with E-state index in [9.17, 15) is 26.3 Å². The molecule has 1 atom stereocenters. The van der Waals surface area contributed by atoms with Crippen molar-refractivity contribution in [3.8, 4) is 11.3 Å². The zero-order valence-electron chi connectivity index (χ0n) is 19.3. The Morgan fingerprint density at radius 1 is 0.889 bits per heavy atom. The number of nitrogens with two attached hydrogens (primary N) is 1. The molecule has 4 N–H and O–H groups in total. The highest BCUT2D eigenvalue weighted by Crippen LogP contribution is 2.38. The van der Waals surface area contributed by atoms with Gasteiger partial charge in [0.25, 0.3) is 0 Å². The van der Waals surface area contributed by atoms with Gasteiger partial charge < -0.3 is 10.6 Å². The van der Waals surface area contributed by atoms with Gasteiger partial charge in [0.05, 0.1) is 22.4 Å². The topological polar surface area (TPSA) is 75.3 Å². The third kappa shape index (κ3) is 5.46. The lowest BCUT2D eigenvalue weighted by Crippen LogP contribution is -2.51. The molecule has 3 aromatic rings. The van der Waals surface area contributed by atoms with Gasteiger partial charge in [0, 0.05) is 17.7 Å². The number of hydrogen-bond donors (Lipinski definition) is 3. The lowest BCUT2D eigenvalue weighted by Gasteiger charge is -2.34. The molecule has 0 amide bonds. The molecule has 0 saturated heterocycles. The highest BCUT2D eigenvalue weighted by molar-refractivity contribution is 6.12. The number of nitrogens with zero attached hydrogens (tertiary/aromatic N) is 2. The van der Waals surface area contributed by atoms with Crippen LogP contribution in [0.25, 0.3) is 11.3 Å². The van der Waals surface area contributed by atoms with Crippen molar-refractivity contribution in [3.05, 3.63) is 77.4 Å². The van der Waals surface area contributed by atoms with Crippen molar-refractivity contribution >= 4 is 17.3 Å². The summed E-state index contributed by atoms with van der Waals surface area (Å²) in [7, 11) is 0. The Balaban J connectivity index is 1.76. The Morgan fingerprint density at radius 3 is 2.17 bits per heavy atom. The highest BCUT2D eigenvalue weighted by atomic mass is 19.4. The van der Waals surface area contributed by atoms with E-state index in [4.69, 9.17) is 5.73 Å². The van der Waals surface area contributed by atoms with Crippen LogP contribution in [0.15, 0.2) is 65.7 Å². The van der Waals surface area contributed by atoms with Gasteiger partial charge in [-0.05, 0) is 48.4 Å². The van der Waals surface area contributed by atoms with E-state index in [0.29, 0.717) is 17.7 Å². The average Bonchev–Trinajstić information content (AvgIpc) is 2.77. The quantitative estimate of drug-likeness (QED) is 0.343. The summed E-state index contributed by atoms with van der Waals surface area (Å²) in [5, 5.41) is 6.01. The Hall–Kier alpha value is -3.60. The number of halogens is 6. The maximum Gasteiger partial charge on any atom is 0.417 e. The molecular weight excluding hydrogens is 484 g/mol. The van der Waals surface area contributed by atoms with E-state index in [1.165, 1.54) is 36.4 Å². The van der Waals surface area contributed by atoms with Crippen LogP contribution in [0.1, 0.15) is 37.0 Å². The van der Waals surface area contributed by atoms with Crippen LogP contribution in [0.4, 0.5) is 37.8 Å². The monoisotopic (exact) mass is 507 g/mol. The van der Waals surface area contributed by atoms with Crippen LogP contribution in [0.3, 0.4) is 0 Å². The van der Waals surface area contributed by atoms with Gasteiger partial charge in [-0.15, -0.1) is 0 Å². The molecule has 5 nitrogen and oxygen atoms in total. The molecule has 0 radical (unpaired) electrons. The van der Waals surface area contributed by atoms with E-state index in [1.807, 2.05) is 13.8 Å². The lowest BCUT2D eigenvalue weighted by atomic mass is 10.0. The van der Waals surface area contributed by atoms with Crippen molar-refractivity contribution in [2.24, 2.45) is 16.6 Å². The Morgan fingerprint density at radius 2 is 1.56 bits per heavy atom. The fourth-order valence-corrected chi connectivity index (χ4v) is 4.04. The normalized spacial score (nSPS) is 17.9. The molecule has 2 aromatic carbocycles. The molecule has 2 heterocycles. The third-order valence-corrected chi connectivity index (χ3v) is 5.50. The van der Waals surface area contributed by atoms with E-state index in [2.05, 4.69) is 20.6 Å². The number of hydrogen-bond acceptors (Lipinski definition) is 5. The van der Waals surface area contributed by atoms with Gasteiger partial charge in [-0.3, -0.25) is 5.73 Å². The second kappa shape index (κ2) is 9.12. The Kier molecular flexibility index (Phi) is 6.46. The number of benzene rings is 2. The van der Waals surface area contributed by atoms with Crippen LogP contribution in [-0.4, -0.2) is 16.6 Å². The van der Waals surface area contributed by atoms with E-state index < -0.39 is 29.3 Å². The zero-order chi connectivity index (χ0) is 26.3. The van der Waals surface area contributed by atoms with Crippen LogP contribution in [-0.2, 0) is 12.4 Å². The summed E-state index contributed by atoms with van der Waals surface area (Å²) < 4.78 is 79.5. The van der Waals surface area contributed by atoms with E-state index in [1.54, 1.807) is 6.07 Å². The summed E-state index contributed by atoms with van der Waals surface area (Å²) in [5.74, 6) is -0.814. The molecule has 36 heavy (non-hydrogen) atoms. The smallest absolute Gasteiger partial charge is 0.340 e. The first-order valence-electron chi connectivity index (χ1n) is 11.0. The first kappa shape index (κ1) is 25.5. The lowest BCUT2D eigenvalue weighted by molar-refractivity contribution is -0.138. The van der Waals surface area contributed by atoms with Crippen LogP contribution in [0, 0.1) is 5.92 Å². The molecule has 1 aromatic heterocycles. The molecule has 1 unspecified atom stereocenters. The van der Waals surface area contributed by atoms with Gasteiger partial charge in [-0.25, -0.2) is 9.98 Å². The first-order valence-corrected chi connectivity index (χ1v) is 11.0. The molecule has 0 spiro atoms. The zero-order valence-corrected chi connectivity index (χ0v) is 19.3. The maximum atomic E-state index is 13.6. The molecular formula is C25H23F6N5. The standard InChI is InChI=1S/C25H23F6N5/c1-14(2)13-23(32)35-21(33-16-9-7-15(8-10-16)24(26,27)28)18-11-12-20(34-22(18)36-23)17-5-3-4-6-19(17)25(29,30)31/h3-12,14H,13,32H2,1-2H3,(H,33,35)(H,34,36). The molecule has 0 fully saturated rings. The first-order chi connectivity index (χ1) is 16.7. The number of fused-ring (bicyclic) bond motifs is 1. The van der Waals surface area contributed by atoms with Crippen LogP contribution in [0.5, 0.6) is 0 Å². The van der Waals surface area contributed by atoms with Crippen molar-refractivity contribution in [1.82, 2.24) is 4.98 Å². The number of anilines is 2. The summed E-state index contributed by atoms with van der Waals surface area (Å²) >= 11 is 0. The minimum absolute atomic E-state index is 0.0804. The molecule has 190 valence electrons. The van der Waals surface area contributed by atoms with Crippen molar-refractivity contribution < 1.29 is 26.3 Å². The average molecular weight is 507 g/mol. The van der Waals surface area contributed by atoms with Gasteiger partial charge in [-0.2, -0.15) is 26.3 Å². The van der Waals surface area contributed by atoms with Gasteiger partial charge >= 0.3 is 12.4 Å². The van der Waals surface area contributed by atoms with E-state index >= 15 is 0 Å². The Bertz CT molecular complexity index is 1280. The summed E-state index contributed by atoms with van der Waals surface area (Å²) in [6, 6.07) is 12.5. The predicted octanol–water partition coefficient (Wildman–Crippen LogP) is 6.73. The van der Waals surface area contributed by atoms with Gasteiger partial charge in [0.15, 0.2) is 5.79 Å². The Labute approximate surface area is 203 Å². The van der Waals surface area contributed by atoms with Crippen molar-refractivity contribution in [2.45, 2.75) is 38.4 Å². The largest absolute Gasteiger partial charge is 0.417 e. The van der Waals surface area contributed by atoms with Gasteiger partial charge in [0.1, 0.15) is 11.7 Å². The van der Waals surface area contributed by atoms with Crippen molar-refractivity contribution in [2.75, 3.05) is 10.6 Å². The second-order valence-corrected chi connectivity index (χ2v) is 8.94. The van der Waals surface area contributed by atoms with Gasteiger partial charge in [0.2, 0.25) is 0 Å². The number of aromatic nitrogens is 1. The maximum absolute atomic E-state index is 13.6. The number of aliphatic imine (C=N–C) groups is 1. The summed E-state index contributed by atoms with van der Waals surface area (Å²) in [6.45, 7) is 3.85. The van der Waals surface area contributed by atoms with E-state index in [0.717, 1.165) is 18.2 Å². The predicted molar refractivity (Wildman–Crippen MR) is 126 cm³/mol. The molecule has 1 aliphatic heterocycles. The van der Waals surface area contributed by atoms with E-state index in [-0.39, 0.29) is 28.8 Å². The molecule has 4 rings (SSSR count). The molecule has 1 aliphatic rings. The summed E-state index contributed by atoms with van der Waals surface area (Å²) in [5.41, 5.74) is 5.57. The SMILES string of the molecule is CC(C)CC1(N)N=C(Nc2ccc(C(F)(F)F)cc2)c2ccc(-c3ccccc3C(F)(F)F)nc2N1. The third-order valence-electron chi connectivity index (χ3n) is 5.50. The number of alkyl halides is 6. The fourth-order valence-electron chi connectivity index (χ4n) is 4.04. The number of pyridine rings is 1. The van der Waals surface area contributed by atoms with Crippen molar-refractivity contribution in [3.63, 3.8) is 0 Å². The summed E-state index contributed by atoms with van der Waals surface area (Å²) in [6.07, 6.45) is -8.70. The number of rotatable bonds is 4. The second-order valence-electron chi connectivity index (χ2n) is 8.94. The summed E-state index contributed by atoms with van der Waals surface area (Å²) in [4.78, 5) is 8.99. The molecule has 0 aliphatic carbocycles. The van der Waals surface area contributed by atoms with Crippen molar-refractivity contribution in [1.29, 1.82) is 0 Å².